The Balaban J connectivity index is 1.43. The van der Waals surface area contributed by atoms with Crippen molar-refractivity contribution in [2.45, 2.75) is 20.4 Å². The first kappa shape index (κ1) is 27.4. The van der Waals surface area contributed by atoms with E-state index in [1.807, 2.05) is 26.0 Å². The lowest BCUT2D eigenvalue weighted by molar-refractivity contribution is -0.123. The van der Waals surface area contributed by atoms with Crippen LogP contribution in [-0.2, 0) is 16.1 Å². The van der Waals surface area contributed by atoms with Gasteiger partial charge in [-0.1, -0.05) is 40.2 Å². The van der Waals surface area contributed by atoms with Crippen LogP contribution in [0.25, 0.3) is 6.08 Å². The van der Waals surface area contributed by atoms with Crippen molar-refractivity contribution < 1.29 is 28.2 Å². The second-order valence-electron chi connectivity index (χ2n) is 8.45. The smallest absolute Gasteiger partial charge is 0.293 e. The first-order chi connectivity index (χ1) is 18.2. The Labute approximate surface area is 232 Å². The highest BCUT2D eigenvalue weighted by Gasteiger charge is 2.35. The van der Waals surface area contributed by atoms with Crippen molar-refractivity contribution in [1.29, 1.82) is 0 Å². The molecule has 3 aromatic rings. The van der Waals surface area contributed by atoms with Gasteiger partial charge in [0, 0.05) is 15.7 Å². The van der Waals surface area contributed by atoms with E-state index in [0.29, 0.717) is 22.7 Å². The number of anilines is 1. The molecule has 1 fully saturated rings. The summed E-state index contributed by atoms with van der Waals surface area (Å²) in [6.45, 7) is 3.50. The predicted molar refractivity (Wildman–Crippen MR) is 149 cm³/mol. The summed E-state index contributed by atoms with van der Waals surface area (Å²) in [6, 6.07) is 14.6. The van der Waals surface area contributed by atoms with Crippen molar-refractivity contribution in [3.05, 3.63) is 92.0 Å². The van der Waals surface area contributed by atoms with E-state index < -0.39 is 17.0 Å². The van der Waals surface area contributed by atoms with Crippen LogP contribution in [0.15, 0.2) is 64.0 Å². The first-order valence-electron chi connectivity index (χ1n) is 11.5. The van der Waals surface area contributed by atoms with Crippen LogP contribution < -0.4 is 14.8 Å². The minimum Gasteiger partial charge on any atom is -0.493 e. The zero-order valence-corrected chi connectivity index (χ0v) is 23.2. The average Bonchev–Trinajstić information content (AvgIpc) is 3.16. The summed E-state index contributed by atoms with van der Waals surface area (Å²) in [5.41, 5.74) is 3.54. The minimum atomic E-state index is -0.502. The van der Waals surface area contributed by atoms with Crippen LogP contribution in [0.5, 0.6) is 11.5 Å². The number of hydrogen-bond acceptors (Lipinski definition) is 6. The molecule has 1 aliphatic rings. The predicted octanol–water partition coefficient (Wildman–Crippen LogP) is 6.47. The number of thioether (sulfide) groups is 1. The van der Waals surface area contributed by atoms with Gasteiger partial charge in [-0.05, 0) is 78.7 Å². The number of nitrogens with zero attached hydrogens (tertiary/aromatic N) is 1. The lowest BCUT2D eigenvalue weighted by Crippen LogP contribution is -2.27. The fourth-order valence-electron chi connectivity index (χ4n) is 3.73. The lowest BCUT2D eigenvalue weighted by atomic mass is 10.1. The number of amides is 3. The molecule has 0 bridgehead atoms. The molecule has 3 aromatic carbocycles. The minimum absolute atomic E-state index is 0.147. The standard InChI is InChI=1S/C28H24BrFN2O5S/c1-16-17(2)22(10-9-20(16)29)31-26(33)15-37-23-11-8-18(12-24(23)36-3)13-25-27(34)32(28(35)38-25)14-19-6-4-5-7-21(19)30/h4-13H,14-15H2,1-3H3,(H,31,33)/b25-13+. The van der Waals surface area contributed by atoms with Crippen LogP contribution in [0.4, 0.5) is 14.9 Å². The summed E-state index contributed by atoms with van der Waals surface area (Å²) in [6.07, 6.45) is 1.56. The maximum Gasteiger partial charge on any atom is 0.293 e. The van der Waals surface area contributed by atoms with Gasteiger partial charge in [0.25, 0.3) is 17.1 Å². The molecule has 0 saturated carbocycles. The Morgan fingerprint density at radius 1 is 1.08 bits per heavy atom. The van der Waals surface area contributed by atoms with Gasteiger partial charge in [-0.25, -0.2) is 4.39 Å². The molecular formula is C28H24BrFN2O5S. The number of benzene rings is 3. The molecular weight excluding hydrogens is 575 g/mol. The second-order valence-corrected chi connectivity index (χ2v) is 10.3. The number of carbonyl (C=O) groups excluding carboxylic acids is 3. The largest absolute Gasteiger partial charge is 0.493 e. The Hall–Kier alpha value is -3.63. The summed E-state index contributed by atoms with van der Waals surface area (Å²) in [5, 5.41) is 2.37. The van der Waals surface area contributed by atoms with Gasteiger partial charge in [-0.15, -0.1) is 0 Å². The quantitative estimate of drug-likeness (QED) is 0.299. The maximum atomic E-state index is 14.0. The third-order valence-corrected chi connectivity index (χ3v) is 7.77. The van der Waals surface area contributed by atoms with Gasteiger partial charge in [0.2, 0.25) is 0 Å². The molecule has 0 unspecified atom stereocenters. The van der Waals surface area contributed by atoms with E-state index in [0.717, 1.165) is 32.3 Å². The highest BCUT2D eigenvalue weighted by atomic mass is 79.9. The summed E-state index contributed by atoms with van der Waals surface area (Å²) in [7, 11) is 1.46. The number of carbonyl (C=O) groups is 3. The third-order valence-electron chi connectivity index (χ3n) is 6.00. The van der Waals surface area contributed by atoms with Crippen molar-refractivity contribution in [2.24, 2.45) is 0 Å². The molecule has 0 aliphatic carbocycles. The number of hydrogen-bond donors (Lipinski definition) is 1. The molecule has 4 rings (SSSR count). The van der Waals surface area contributed by atoms with Gasteiger partial charge in [-0.3, -0.25) is 19.3 Å². The second kappa shape index (κ2) is 11.8. The number of nitrogens with one attached hydrogen (secondary N) is 1. The SMILES string of the molecule is COc1cc(/C=C2/SC(=O)N(Cc3ccccc3F)C2=O)ccc1OCC(=O)Nc1ccc(Br)c(C)c1C. The van der Waals surface area contributed by atoms with Crippen molar-refractivity contribution in [1.82, 2.24) is 4.90 Å². The monoisotopic (exact) mass is 598 g/mol. The van der Waals surface area contributed by atoms with Gasteiger partial charge in [-0.2, -0.15) is 0 Å². The van der Waals surface area contributed by atoms with Crippen molar-refractivity contribution >= 4 is 56.5 Å². The Bertz CT molecular complexity index is 1460. The number of halogens is 2. The third kappa shape index (κ3) is 6.08. The summed E-state index contributed by atoms with van der Waals surface area (Å²) in [4.78, 5) is 39.0. The molecule has 1 aliphatic heterocycles. The summed E-state index contributed by atoms with van der Waals surface area (Å²) < 4.78 is 26.1. The van der Waals surface area contributed by atoms with Gasteiger partial charge in [0.15, 0.2) is 18.1 Å². The van der Waals surface area contributed by atoms with E-state index in [-0.39, 0.29) is 29.5 Å². The van der Waals surface area contributed by atoms with E-state index >= 15 is 0 Å². The molecule has 0 aromatic heterocycles. The normalized spacial score (nSPS) is 14.2. The molecule has 1 N–H and O–H groups in total. The highest BCUT2D eigenvalue weighted by Crippen LogP contribution is 2.35. The topological polar surface area (TPSA) is 84.9 Å². The summed E-state index contributed by atoms with van der Waals surface area (Å²) in [5.74, 6) is -0.613. The fraction of sp³-hybridized carbons (Fsp3) is 0.179. The van der Waals surface area contributed by atoms with Crippen LogP contribution in [0.1, 0.15) is 22.3 Å². The molecule has 10 heteroatoms. The van der Waals surface area contributed by atoms with Crippen LogP contribution in [0.2, 0.25) is 0 Å². The van der Waals surface area contributed by atoms with Gasteiger partial charge in [0.1, 0.15) is 5.82 Å². The zero-order valence-electron chi connectivity index (χ0n) is 20.8. The Morgan fingerprint density at radius 3 is 2.58 bits per heavy atom. The Kier molecular flexibility index (Phi) is 8.53. The van der Waals surface area contributed by atoms with Crippen LogP contribution in [-0.4, -0.2) is 35.7 Å². The molecule has 0 spiro atoms. The maximum absolute atomic E-state index is 14.0. The van der Waals surface area contributed by atoms with Gasteiger partial charge >= 0.3 is 0 Å². The molecule has 38 heavy (non-hydrogen) atoms. The highest BCUT2D eigenvalue weighted by molar-refractivity contribution is 9.10. The van der Waals surface area contributed by atoms with Crippen molar-refractivity contribution in [3.63, 3.8) is 0 Å². The van der Waals surface area contributed by atoms with Crippen LogP contribution >= 0.6 is 27.7 Å². The first-order valence-corrected chi connectivity index (χ1v) is 13.1. The van der Waals surface area contributed by atoms with Crippen LogP contribution in [0, 0.1) is 19.7 Å². The fourth-order valence-corrected chi connectivity index (χ4v) is 5.00. The molecule has 0 radical (unpaired) electrons. The Morgan fingerprint density at radius 2 is 1.84 bits per heavy atom. The number of rotatable bonds is 8. The average molecular weight is 599 g/mol. The number of methoxy groups -OCH3 is 1. The van der Waals surface area contributed by atoms with Crippen molar-refractivity contribution in [2.75, 3.05) is 19.0 Å². The molecule has 196 valence electrons. The summed E-state index contributed by atoms with van der Waals surface area (Å²) >= 11 is 4.26. The molecule has 3 amide bonds. The van der Waals surface area contributed by atoms with Gasteiger partial charge < -0.3 is 14.8 Å². The van der Waals surface area contributed by atoms with E-state index in [9.17, 15) is 18.8 Å². The van der Waals surface area contributed by atoms with E-state index in [1.54, 1.807) is 36.4 Å². The van der Waals surface area contributed by atoms with E-state index in [1.165, 1.54) is 19.2 Å². The molecule has 7 nitrogen and oxygen atoms in total. The van der Waals surface area contributed by atoms with Crippen molar-refractivity contribution in [3.8, 4) is 11.5 Å². The number of ether oxygens (including phenoxy) is 2. The van der Waals surface area contributed by atoms with E-state index in [4.69, 9.17) is 9.47 Å². The zero-order chi connectivity index (χ0) is 27.4. The lowest BCUT2D eigenvalue weighted by Gasteiger charge is -2.14. The molecule has 1 saturated heterocycles. The van der Waals surface area contributed by atoms with E-state index in [2.05, 4.69) is 21.2 Å². The van der Waals surface area contributed by atoms with Crippen LogP contribution in [0.3, 0.4) is 0 Å². The molecule has 1 heterocycles. The molecule has 0 atom stereocenters. The van der Waals surface area contributed by atoms with Gasteiger partial charge in [0.05, 0.1) is 18.6 Å². The number of imide groups is 1.